The first kappa shape index (κ1) is 20.7. The maximum atomic E-state index is 12.4. The number of amides is 1. The summed E-state index contributed by atoms with van der Waals surface area (Å²) in [5.41, 5.74) is 3.52. The lowest BCUT2D eigenvalue weighted by molar-refractivity contribution is -0.111. The molecular formula is C20H24N2O4S. The van der Waals surface area contributed by atoms with Crippen molar-refractivity contribution in [3.63, 3.8) is 0 Å². The molecule has 0 spiro atoms. The molecular weight excluding hydrogens is 364 g/mol. The first-order chi connectivity index (χ1) is 12.6. The number of carbonyl (C=O) groups excluding carboxylic acids is 1. The number of nitrogens with zero attached hydrogens (tertiary/aromatic N) is 1. The molecule has 0 saturated heterocycles. The van der Waals surface area contributed by atoms with Gasteiger partial charge in [-0.25, -0.2) is 12.7 Å². The van der Waals surface area contributed by atoms with E-state index < -0.39 is 10.0 Å². The van der Waals surface area contributed by atoms with E-state index in [1.165, 1.54) is 33.3 Å². The van der Waals surface area contributed by atoms with E-state index in [0.717, 1.165) is 15.4 Å². The highest BCUT2D eigenvalue weighted by Gasteiger charge is 2.22. The fraction of sp³-hybridized carbons (Fsp3) is 0.250. The summed E-state index contributed by atoms with van der Waals surface area (Å²) in [5.74, 6) is -0.0495. The maximum Gasteiger partial charge on any atom is 0.248 e. The first-order valence-electron chi connectivity index (χ1n) is 8.32. The molecule has 2 aromatic carbocycles. The molecule has 0 aliphatic carbocycles. The smallest absolute Gasteiger partial charge is 0.248 e. The third-order valence-electron chi connectivity index (χ3n) is 4.15. The molecule has 6 nitrogen and oxygen atoms in total. The molecule has 0 radical (unpaired) electrons. The molecule has 0 fully saturated rings. The topological polar surface area (TPSA) is 75.7 Å². The van der Waals surface area contributed by atoms with Crippen LogP contribution in [-0.2, 0) is 14.8 Å². The van der Waals surface area contributed by atoms with E-state index in [4.69, 9.17) is 4.74 Å². The minimum absolute atomic E-state index is 0.0479. The number of benzene rings is 2. The molecule has 7 heteroatoms. The predicted molar refractivity (Wildman–Crippen MR) is 107 cm³/mol. The van der Waals surface area contributed by atoms with Crippen LogP contribution >= 0.6 is 0 Å². The predicted octanol–water partition coefficient (Wildman–Crippen LogP) is 3.21. The van der Waals surface area contributed by atoms with Gasteiger partial charge in [-0.2, -0.15) is 0 Å². The van der Waals surface area contributed by atoms with Crippen molar-refractivity contribution in [3.8, 4) is 5.75 Å². The van der Waals surface area contributed by atoms with Gasteiger partial charge < -0.3 is 10.1 Å². The highest BCUT2D eigenvalue weighted by molar-refractivity contribution is 7.89. The Morgan fingerprint density at radius 1 is 1.07 bits per heavy atom. The van der Waals surface area contributed by atoms with Crippen LogP contribution < -0.4 is 10.1 Å². The lowest BCUT2D eigenvalue weighted by Gasteiger charge is -2.15. The van der Waals surface area contributed by atoms with Gasteiger partial charge in [0.05, 0.1) is 7.11 Å². The second kappa shape index (κ2) is 8.37. The van der Waals surface area contributed by atoms with Crippen LogP contribution in [0.2, 0.25) is 0 Å². The fourth-order valence-electron chi connectivity index (χ4n) is 2.37. The first-order valence-corrected chi connectivity index (χ1v) is 9.76. The Morgan fingerprint density at radius 3 is 2.37 bits per heavy atom. The molecule has 1 amide bonds. The van der Waals surface area contributed by atoms with Crippen LogP contribution in [0.3, 0.4) is 0 Å². The molecule has 0 bridgehead atoms. The zero-order chi connectivity index (χ0) is 20.2. The van der Waals surface area contributed by atoms with Gasteiger partial charge in [-0.3, -0.25) is 4.79 Å². The van der Waals surface area contributed by atoms with Crippen LogP contribution in [0, 0.1) is 13.8 Å². The number of ether oxygens (including phenoxy) is 1. The van der Waals surface area contributed by atoms with E-state index in [9.17, 15) is 13.2 Å². The molecule has 0 aromatic heterocycles. The number of rotatable bonds is 6. The van der Waals surface area contributed by atoms with Crippen LogP contribution in [0.1, 0.15) is 16.7 Å². The summed E-state index contributed by atoms with van der Waals surface area (Å²) >= 11 is 0. The van der Waals surface area contributed by atoms with Crippen LogP contribution in [0.15, 0.2) is 47.4 Å². The van der Waals surface area contributed by atoms with Crippen LogP contribution in [0.4, 0.5) is 5.69 Å². The third-order valence-corrected chi connectivity index (χ3v) is 5.98. The summed E-state index contributed by atoms with van der Waals surface area (Å²) < 4.78 is 31.2. The van der Waals surface area contributed by atoms with E-state index in [2.05, 4.69) is 5.32 Å². The van der Waals surface area contributed by atoms with Gasteiger partial charge in [0.1, 0.15) is 10.6 Å². The average molecular weight is 388 g/mol. The number of hydrogen-bond donors (Lipinski definition) is 1. The van der Waals surface area contributed by atoms with Gasteiger partial charge in [0.2, 0.25) is 15.9 Å². The minimum atomic E-state index is -3.66. The number of methoxy groups -OCH3 is 1. The lowest BCUT2D eigenvalue weighted by atomic mass is 10.1. The second-order valence-electron chi connectivity index (χ2n) is 6.32. The van der Waals surface area contributed by atoms with Gasteiger partial charge in [0.15, 0.2) is 0 Å². The number of anilines is 1. The molecule has 2 rings (SSSR count). The average Bonchev–Trinajstić information content (AvgIpc) is 2.62. The molecule has 0 heterocycles. The van der Waals surface area contributed by atoms with Crippen LogP contribution in [-0.4, -0.2) is 39.8 Å². The van der Waals surface area contributed by atoms with Gasteiger partial charge in [0.25, 0.3) is 0 Å². The summed E-state index contributed by atoms with van der Waals surface area (Å²) in [5, 5.41) is 2.79. The Morgan fingerprint density at radius 2 is 1.78 bits per heavy atom. The quantitative estimate of drug-likeness (QED) is 0.771. The summed E-state index contributed by atoms with van der Waals surface area (Å²) in [6, 6.07) is 10.4. The van der Waals surface area contributed by atoms with E-state index in [1.807, 2.05) is 32.0 Å². The van der Waals surface area contributed by atoms with Gasteiger partial charge >= 0.3 is 0 Å². The Balaban J connectivity index is 2.23. The summed E-state index contributed by atoms with van der Waals surface area (Å²) in [4.78, 5) is 12.2. The zero-order valence-corrected chi connectivity index (χ0v) is 16.9. The fourth-order valence-corrected chi connectivity index (χ4v) is 3.45. The second-order valence-corrected chi connectivity index (χ2v) is 8.44. The maximum absolute atomic E-state index is 12.4. The zero-order valence-electron chi connectivity index (χ0n) is 16.1. The van der Waals surface area contributed by atoms with Crippen molar-refractivity contribution in [2.24, 2.45) is 0 Å². The van der Waals surface area contributed by atoms with Gasteiger partial charge in [0, 0.05) is 25.9 Å². The van der Waals surface area contributed by atoms with Crippen molar-refractivity contribution < 1.29 is 17.9 Å². The van der Waals surface area contributed by atoms with Crippen molar-refractivity contribution in [1.82, 2.24) is 4.31 Å². The highest BCUT2D eigenvalue weighted by Crippen LogP contribution is 2.27. The Kier molecular flexibility index (Phi) is 6.41. The van der Waals surface area contributed by atoms with Gasteiger partial charge in [-0.1, -0.05) is 12.1 Å². The van der Waals surface area contributed by atoms with E-state index in [-0.39, 0.29) is 16.6 Å². The minimum Gasteiger partial charge on any atom is -0.495 e. The Hall–Kier alpha value is -2.64. The van der Waals surface area contributed by atoms with E-state index in [0.29, 0.717) is 11.3 Å². The lowest BCUT2D eigenvalue weighted by Crippen LogP contribution is -2.22. The molecule has 0 aliphatic rings. The number of hydrogen-bond acceptors (Lipinski definition) is 4. The van der Waals surface area contributed by atoms with Gasteiger partial charge in [-0.15, -0.1) is 0 Å². The van der Waals surface area contributed by atoms with Gasteiger partial charge in [-0.05, 0) is 60.9 Å². The largest absolute Gasteiger partial charge is 0.495 e. The molecule has 0 atom stereocenters. The van der Waals surface area contributed by atoms with Crippen LogP contribution in [0.25, 0.3) is 6.08 Å². The van der Waals surface area contributed by atoms with Crippen LogP contribution in [0.5, 0.6) is 5.75 Å². The molecule has 0 unspecified atom stereocenters. The Bertz CT molecular complexity index is 979. The number of aryl methyl sites for hydroxylation is 2. The standard InChI is InChI=1S/C20H24N2O4S/c1-14-6-9-17(12-15(14)2)21-20(23)11-8-16-7-10-18(26-5)19(13-16)27(24,25)22(3)4/h6-13H,1-5H3,(H,21,23)/b11-8+. The molecule has 1 N–H and O–H groups in total. The summed E-state index contributed by atoms with van der Waals surface area (Å²) in [6.07, 6.45) is 2.92. The SMILES string of the molecule is COc1ccc(/C=C/C(=O)Nc2ccc(C)c(C)c2)cc1S(=O)(=O)N(C)C. The number of sulfonamides is 1. The molecule has 144 valence electrons. The van der Waals surface area contributed by atoms with Crippen molar-refractivity contribution in [2.45, 2.75) is 18.7 Å². The summed E-state index contributed by atoms with van der Waals surface area (Å²) in [7, 11) is 0.654. The molecule has 27 heavy (non-hydrogen) atoms. The van der Waals surface area contributed by atoms with Crippen molar-refractivity contribution >= 4 is 27.7 Å². The van der Waals surface area contributed by atoms with E-state index >= 15 is 0 Å². The number of carbonyl (C=O) groups is 1. The molecule has 0 saturated carbocycles. The van der Waals surface area contributed by atoms with Crippen molar-refractivity contribution in [2.75, 3.05) is 26.5 Å². The monoisotopic (exact) mass is 388 g/mol. The third kappa shape index (κ3) is 4.96. The van der Waals surface area contributed by atoms with E-state index in [1.54, 1.807) is 18.2 Å². The molecule has 0 aliphatic heterocycles. The normalized spacial score (nSPS) is 11.8. The summed E-state index contributed by atoms with van der Waals surface area (Å²) in [6.45, 7) is 3.98. The van der Waals surface area contributed by atoms with Crippen molar-refractivity contribution in [3.05, 3.63) is 59.2 Å². The highest BCUT2D eigenvalue weighted by atomic mass is 32.2. The van der Waals surface area contributed by atoms with Crippen molar-refractivity contribution in [1.29, 1.82) is 0 Å². The Labute approximate surface area is 160 Å². The number of nitrogens with one attached hydrogen (secondary N) is 1. The molecule has 2 aromatic rings.